The van der Waals surface area contributed by atoms with Crippen LogP contribution < -0.4 is 0 Å². The van der Waals surface area contributed by atoms with Crippen molar-refractivity contribution >= 4 is 11.6 Å². The maximum atomic E-state index is 13.7. The van der Waals surface area contributed by atoms with Gasteiger partial charge >= 0.3 is 0 Å². The van der Waals surface area contributed by atoms with Crippen LogP contribution in [0.15, 0.2) is 18.2 Å². The van der Waals surface area contributed by atoms with Crippen molar-refractivity contribution in [3.63, 3.8) is 0 Å². The van der Waals surface area contributed by atoms with E-state index in [4.69, 9.17) is 16.3 Å². The van der Waals surface area contributed by atoms with E-state index >= 15 is 0 Å². The second kappa shape index (κ2) is 5.73. The number of hydrogen-bond donors (Lipinski definition) is 0. The van der Waals surface area contributed by atoms with Crippen molar-refractivity contribution in [1.29, 1.82) is 0 Å². The van der Waals surface area contributed by atoms with Gasteiger partial charge in [-0.15, -0.1) is 11.6 Å². The molecule has 1 saturated heterocycles. The van der Waals surface area contributed by atoms with Crippen LogP contribution >= 0.6 is 11.6 Å². The summed E-state index contributed by atoms with van der Waals surface area (Å²) in [7, 11) is 0. The summed E-state index contributed by atoms with van der Waals surface area (Å²) in [6.07, 6.45) is -0.111. The average Bonchev–Trinajstić information content (AvgIpc) is 2.32. The second-order valence-corrected chi connectivity index (χ2v) is 5.83. The summed E-state index contributed by atoms with van der Waals surface area (Å²) < 4.78 is 33.1. The molecule has 106 valence electrons. The van der Waals surface area contributed by atoms with Crippen molar-refractivity contribution in [2.24, 2.45) is 0 Å². The lowest BCUT2D eigenvalue weighted by Gasteiger charge is -2.42. The summed E-state index contributed by atoms with van der Waals surface area (Å²) in [6, 6.07) is 3.94. The van der Waals surface area contributed by atoms with E-state index < -0.39 is 11.6 Å². The van der Waals surface area contributed by atoms with E-state index in [0.29, 0.717) is 19.0 Å². The molecule has 0 saturated carbocycles. The summed E-state index contributed by atoms with van der Waals surface area (Å²) >= 11 is 5.84. The number of rotatable bonds is 3. The summed E-state index contributed by atoms with van der Waals surface area (Å²) in [4.78, 5) is 1.98. The number of benzene rings is 1. The Morgan fingerprint density at radius 2 is 2.00 bits per heavy atom. The van der Waals surface area contributed by atoms with Gasteiger partial charge in [-0.05, 0) is 26.0 Å². The second-order valence-electron chi connectivity index (χ2n) is 5.52. The molecule has 1 aliphatic heterocycles. The summed E-state index contributed by atoms with van der Waals surface area (Å²) in [5, 5.41) is 0. The van der Waals surface area contributed by atoms with E-state index in [9.17, 15) is 8.78 Å². The van der Waals surface area contributed by atoms with E-state index in [2.05, 4.69) is 0 Å². The maximum absolute atomic E-state index is 13.7. The van der Waals surface area contributed by atoms with Gasteiger partial charge < -0.3 is 4.74 Å². The predicted octanol–water partition coefficient (Wildman–Crippen LogP) is 3.18. The molecule has 5 heteroatoms. The molecule has 0 N–H and O–H groups in total. The number of hydrogen-bond acceptors (Lipinski definition) is 2. The van der Waals surface area contributed by atoms with E-state index in [1.165, 1.54) is 18.2 Å². The fourth-order valence-electron chi connectivity index (χ4n) is 2.52. The molecule has 2 rings (SSSR count). The normalized spacial score (nSPS) is 23.5. The first-order valence-electron chi connectivity index (χ1n) is 6.30. The van der Waals surface area contributed by atoms with Crippen molar-refractivity contribution in [2.45, 2.75) is 32.1 Å². The third-order valence-corrected chi connectivity index (χ3v) is 3.51. The lowest BCUT2D eigenvalue weighted by molar-refractivity contribution is -0.129. The Kier molecular flexibility index (Phi) is 4.43. The van der Waals surface area contributed by atoms with Gasteiger partial charge in [0.15, 0.2) is 0 Å². The van der Waals surface area contributed by atoms with Crippen molar-refractivity contribution in [3.8, 4) is 0 Å². The van der Waals surface area contributed by atoms with Gasteiger partial charge in [0.2, 0.25) is 0 Å². The van der Waals surface area contributed by atoms with Crippen LogP contribution in [0.5, 0.6) is 0 Å². The quantitative estimate of drug-likeness (QED) is 0.793. The molecule has 1 fully saturated rings. The smallest absolute Gasteiger partial charge is 0.130 e. The average molecular weight is 290 g/mol. The first-order valence-corrected chi connectivity index (χ1v) is 6.84. The van der Waals surface area contributed by atoms with Crippen LogP contribution in [0.2, 0.25) is 0 Å². The highest BCUT2D eigenvalue weighted by Crippen LogP contribution is 2.24. The van der Waals surface area contributed by atoms with E-state index in [1.54, 1.807) is 0 Å². The van der Waals surface area contributed by atoms with Gasteiger partial charge in [0, 0.05) is 31.1 Å². The van der Waals surface area contributed by atoms with Crippen molar-refractivity contribution in [3.05, 3.63) is 35.4 Å². The Morgan fingerprint density at radius 3 is 2.58 bits per heavy atom. The summed E-state index contributed by atoms with van der Waals surface area (Å²) in [6.45, 7) is 5.35. The van der Waals surface area contributed by atoms with Crippen molar-refractivity contribution < 1.29 is 13.5 Å². The molecule has 1 heterocycles. The molecule has 1 unspecified atom stereocenters. The van der Waals surface area contributed by atoms with E-state index in [1.807, 2.05) is 18.7 Å². The summed E-state index contributed by atoms with van der Waals surface area (Å²) in [5.74, 6) is -0.641. The molecular formula is C14H18ClF2NO. The van der Waals surface area contributed by atoms with E-state index in [0.717, 1.165) is 0 Å². The van der Waals surface area contributed by atoms with Crippen LogP contribution in [0.4, 0.5) is 8.78 Å². The van der Waals surface area contributed by atoms with Crippen LogP contribution in [0.25, 0.3) is 0 Å². The van der Waals surface area contributed by atoms with Crippen molar-refractivity contribution in [1.82, 2.24) is 4.90 Å². The predicted molar refractivity (Wildman–Crippen MR) is 71.3 cm³/mol. The van der Waals surface area contributed by atoms with Crippen LogP contribution in [0.1, 0.15) is 19.4 Å². The van der Waals surface area contributed by atoms with Gasteiger partial charge in [-0.2, -0.15) is 0 Å². The molecule has 0 aliphatic carbocycles. The molecule has 1 atom stereocenters. The minimum absolute atomic E-state index is 0.105. The molecule has 0 bridgehead atoms. The van der Waals surface area contributed by atoms with E-state index in [-0.39, 0.29) is 23.8 Å². The first-order chi connectivity index (χ1) is 8.91. The largest absolute Gasteiger partial charge is 0.368 e. The Bertz CT molecular complexity index is 433. The number of nitrogens with zero attached hydrogens (tertiary/aromatic N) is 1. The van der Waals surface area contributed by atoms with Gasteiger partial charge in [-0.3, -0.25) is 4.90 Å². The Balaban J connectivity index is 2.14. The van der Waals surface area contributed by atoms with Crippen molar-refractivity contribution in [2.75, 3.05) is 19.0 Å². The molecule has 0 amide bonds. The molecule has 1 aliphatic rings. The van der Waals surface area contributed by atoms with Gasteiger partial charge in [-0.25, -0.2) is 8.78 Å². The fraction of sp³-hybridized carbons (Fsp3) is 0.571. The molecule has 0 radical (unpaired) electrons. The third-order valence-electron chi connectivity index (χ3n) is 3.17. The molecule has 2 nitrogen and oxygen atoms in total. The molecule has 1 aromatic carbocycles. The fourth-order valence-corrected chi connectivity index (χ4v) is 2.69. The highest BCUT2D eigenvalue weighted by atomic mass is 35.5. The lowest BCUT2D eigenvalue weighted by Crippen LogP contribution is -2.53. The first kappa shape index (κ1) is 14.7. The Hall–Kier alpha value is -0.710. The van der Waals surface area contributed by atoms with Gasteiger partial charge in [0.05, 0.1) is 11.7 Å². The maximum Gasteiger partial charge on any atom is 0.130 e. The summed E-state index contributed by atoms with van der Waals surface area (Å²) in [5.41, 5.74) is -0.256. The molecule has 1 aromatic rings. The molecule has 19 heavy (non-hydrogen) atoms. The minimum atomic E-state index is -0.508. The zero-order valence-electron chi connectivity index (χ0n) is 11.1. The highest BCUT2D eigenvalue weighted by Gasteiger charge is 2.33. The standard InChI is InChI=1S/C14H18ClF2NO/c1-14(2)9-18(7-10(6-15)19-14)8-11-12(16)4-3-5-13(11)17/h3-5,10H,6-9H2,1-2H3. The highest BCUT2D eigenvalue weighted by molar-refractivity contribution is 6.18. The van der Waals surface area contributed by atoms with Crippen LogP contribution in [-0.4, -0.2) is 35.6 Å². The number of alkyl halides is 1. The van der Waals surface area contributed by atoms with Crippen LogP contribution in [0, 0.1) is 11.6 Å². The zero-order valence-corrected chi connectivity index (χ0v) is 11.9. The number of halogens is 3. The third kappa shape index (κ3) is 3.65. The molecular weight excluding hydrogens is 272 g/mol. The van der Waals surface area contributed by atoms with Gasteiger partial charge in [0.1, 0.15) is 11.6 Å². The SMILES string of the molecule is CC1(C)CN(Cc2c(F)cccc2F)CC(CCl)O1. The zero-order chi connectivity index (χ0) is 14.0. The Labute approximate surface area is 117 Å². The number of morpholine rings is 1. The van der Waals surface area contributed by atoms with Crippen LogP contribution in [0.3, 0.4) is 0 Å². The molecule has 0 spiro atoms. The molecule has 0 aromatic heterocycles. The monoisotopic (exact) mass is 289 g/mol. The minimum Gasteiger partial charge on any atom is -0.368 e. The topological polar surface area (TPSA) is 12.5 Å². The van der Waals surface area contributed by atoms with Crippen LogP contribution in [-0.2, 0) is 11.3 Å². The van der Waals surface area contributed by atoms with Gasteiger partial charge in [0.25, 0.3) is 0 Å². The number of ether oxygens (including phenoxy) is 1. The van der Waals surface area contributed by atoms with Gasteiger partial charge in [-0.1, -0.05) is 6.07 Å². The Morgan fingerprint density at radius 1 is 1.37 bits per heavy atom. The lowest BCUT2D eigenvalue weighted by atomic mass is 10.0.